The predicted octanol–water partition coefficient (Wildman–Crippen LogP) is 2.97. The van der Waals surface area contributed by atoms with Crippen LogP contribution in [0.4, 0.5) is 0 Å². The van der Waals surface area contributed by atoms with Gasteiger partial charge in [0.15, 0.2) is 0 Å². The Morgan fingerprint density at radius 1 is 1.30 bits per heavy atom. The first-order valence-electron chi connectivity index (χ1n) is 8.60. The quantitative estimate of drug-likeness (QED) is 0.892. The number of amides is 1. The minimum Gasteiger partial charge on any atom is -0.355 e. The van der Waals surface area contributed by atoms with Crippen molar-refractivity contribution < 1.29 is 4.79 Å². The van der Waals surface area contributed by atoms with Crippen LogP contribution < -0.4 is 5.32 Å². The Hall–Kier alpha value is -2.10. The minimum atomic E-state index is -0.0231. The third kappa shape index (κ3) is 3.03. The summed E-state index contributed by atoms with van der Waals surface area (Å²) in [6, 6.07) is 10.6. The summed E-state index contributed by atoms with van der Waals surface area (Å²) in [5, 5.41) is 10.4. The van der Waals surface area contributed by atoms with Crippen LogP contribution in [-0.2, 0) is 17.6 Å². The fourth-order valence-electron chi connectivity index (χ4n) is 3.75. The lowest BCUT2D eigenvalue weighted by Gasteiger charge is -2.23. The molecule has 0 bridgehead atoms. The van der Waals surface area contributed by atoms with Gasteiger partial charge in [-0.3, -0.25) is 9.89 Å². The molecule has 1 fully saturated rings. The van der Waals surface area contributed by atoms with E-state index in [2.05, 4.69) is 45.8 Å². The molecule has 1 atom stereocenters. The molecule has 1 aromatic carbocycles. The maximum atomic E-state index is 12.6. The monoisotopic (exact) mass is 309 g/mol. The molecule has 0 aliphatic heterocycles. The van der Waals surface area contributed by atoms with Crippen molar-refractivity contribution in [1.29, 1.82) is 0 Å². The van der Waals surface area contributed by atoms with Gasteiger partial charge in [-0.05, 0) is 49.5 Å². The molecule has 4 nitrogen and oxygen atoms in total. The highest BCUT2D eigenvalue weighted by molar-refractivity contribution is 5.84. The van der Waals surface area contributed by atoms with Crippen LogP contribution in [0.5, 0.6) is 0 Å². The van der Waals surface area contributed by atoms with Gasteiger partial charge in [-0.1, -0.05) is 30.3 Å². The fourth-order valence-corrected chi connectivity index (χ4v) is 3.75. The maximum Gasteiger partial charge on any atom is 0.227 e. The minimum absolute atomic E-state index is 0.0231. The number of aromatic nitrogens is 2. The fraction of sp³-hybridized carbons (Fsp3) is 0.474. The van der Waals surface area contributed by atoms with Crippen molar-refractivity contribution in [2.24, 2.45) is 5.41 Å². The normalized spacial score (nSPS) is 21.5. The Bertz CT molecular complexity index is 688. The standard InChI is InChI=1S/C19H23N3O/c23-18(15-7-4-8-17-16(15)12-21-22-17)20-13-19(9-10-19)11-14-5-2-1-3-6-14/h1-3,5-6,12,15H,4,7-11,13H2,(H,20,23)(H,21,22). The molecule has 4 heteroatoms. The number of benzene rings is 1. The number of fused-ring (bicyclic) bond motifs is 1. The lowest BCUT2D eigenvalue weighted by atomic mass is 9.86. The lowest BCUT2D eigenvalue weighted by Crippen LogP contribution is -2.35. The van der Waals surface area contributed by atoms with Crippen molar-refractivity contribution in [3.05, 3.63) is 53.3 Å². The average Bonchev–Trinajstić information content (AvgIpc) is 3.17. The van der Waals surface area contributed by atoms with Crippen LogP contribution in [-0.4, -0.2) is 22.6 Å². The van der Waals surface area contributed by atoms with Crippen molar-refractivity contribution in [3.8, 4) is 0 Å². The molecule has 2 aliphatic rings. The summed E-state index contributed by atoms with van der Waals surface area (Å²) in [5.74, 6) is 0.150. The van der Waals surface area contributed by atoms with E-state index in [9.17, 15) is 4.79 Å². The number of nitrogens with zero attached hydrogens (tertiary/aromatic N) is 1. The molecule has 1 unspecified atom stereocenters. The van der Waals surface area contributed by atoms with Crippen LogP contribution >= 0.6 is 0 Å². The molecule has 2 N–H and O–H groups in total. The van der Waals surface area contributed by atoms with Gasteiger partial charge in [0, 0.05) is 17.8 Å². The van der Waals surface area contributed by atoms with E-state index < -0.39 is 0 Å². The van der Waals surface area contributed by atoms with Crippen LogP contribution in [0.3, 0.4) is 0 Å². The highest BCUT2D eigenvalue weighted by Crippen LogP contribution is 2.48. The average molecular weight is 309 g/mol. The Kier molecular flexibility index (Phi) is 3.68. The molecule has 120 valence electrons. The SMILES string of the molecule is O=C(NCC1(Cc2ccccc2)CC1)C1CCCc2[nH]ncc21. The molecule has 0 saturated heterocycles. The summed E-state index contributed by atoms with van der Waals surface area (Å²) in [7, 11) is 0. The summed E-state index contributed by atoms with van der Waals surface area (Å²) in [6.07, 6.45) is 8.32. The first-order chi connectivity index (χ1) is 11.3. The predicted molar refractivity (Wildman–Crippen MR) is 89.1 cm³/mol. The van der Waals surface area contributed by atoms with Gasteiger partial charge in [0.2, 0.25) is 5.91 Å². The second kappa shape index (κ2) is 5.84. The second-order valence-electron chi connectivity index (χ2n) is 7.13. The van der Waals surface area contributed by atoms with E-state index >= 15 is 0 Å². The van der Waals surface area contributed by atoms with Gasteiger partial charge in [0.25, 0.3) is 0 Å². The van der Waals surface area contributed by atoms with Gasteiger partial charge in [-0.25, -0.2) is 0 Å². The highest BCUT2D eigenvalue weighted by Gasteiger charge is 2.43. The zero-order chi connectivity index (χ0) is 15.7. The number of aryl methyl sites for hydroxylation is 1. The van der Waals surface area contributed by atoms with Gasteiger partial charge in [0.1, 0.15) is 0 Å². The number of rotatable bonds is 5. The molecule has 2 aromatic rings. The Labute approximate surface area is 136 Å². The molecule has 1 heterocycles. The molecule has 0 radical (unpaired) electrons. The number of hydrogen-bond acceptors (Lipinski definition) is 2. The summed E-state index contributed by atoms with van der Waals surface area (Å²) in [5.41, 5.74) is 3.89. The van der Waals surface area contributed by atoms with E-state index in [1.165, 1.54) is 18.4 Å². The van der Waals surface area contributed by atoms with Crippen molar-refractivity contribution >= 4 is 5.91 Å². The molecule has 1 saturated carbocycles. The zero-order valence-electron chi connectivity index (χ0n) is 13.3. The zero-order valence-corrected chi connectivity index (χ0v) is 13.3. The molecule has 23 heavy (non-hydrogen) atoms. The molecule has 1 aromatic heterocycles. The lowest BCUT2D eigenvalue weighted by molar-refractivity contribution is -0.123. The molecule has 0 spiro atoms. The van der Waals surface area contributed by atoms with E-state index in [0.29, 0.717) is 0 Å². The largest absolute Gasteiger partial charge is 0.355 e. The number of H-pyrrole nitrogens is 1. The smallest absolute Gasteiger partial charge is 0.227 e. The van der Waals surface area contributed by atoms with Crippen LogP contribution in [0.15, 0.2) is 36.5 Å². The summed E-state index contributed by atoms with van der Waals surface area (Å²) in [6.45, 7) is 0.796. The van der Waals surface area contributed by atoms with Gasteiger partial charge in [0.05, 0.1) is 12.1 Å². The third-order valence-corrected chi connectivity index (χ3v) is 5.38. The molecule has 1 amide bonds. The third-order valence-electron chi connectivity index (χ3n) is 5.38. The van der Waals surface area contributed by atoms with E-state index in [1.54, 1.807) is 0 Å². The summed E-state index contributed by atoms with van der Waals surface area (Å²) >= 11 is 0. The molecular weight excluding hydrogens is 286 g/mol. The Morgan fingerprint density at radius 2 is 2.13 bits per heavy atom. The maximum absolute atomic E-state index is 12.6. The number of carbonyl (C=O) groups excluding carboxylic acids is 1. The van der Waals surface area contributed by atoms with Crippen molar-refractivity contribution in [2.75, 3.05) is 6.54 Å². The second-order valence-corrected chi connectivity index (χ2v) is 7.13. The van der Waals surface area contributed by atoms with Gasteiger partial charge >= 0.3 is 0 Å². The molecule has 2 aliphatic carbocycles. The van der Waals surface area contributed by atoms with Gasteiger partial charge in [-0.15, -0.1) is 0 Å². The number of aromatic amines is 1. The van der Waals surface area contributed by atoms with E-state index in [0.717, 1.165) is 43.5 Å². The van der Waals surface area contributed by atoms with Crippen LogP contribution in [0, 0.1) is 5.41 Å². The summed E-state index contributed by atoms with van der Waals surface area (Å²) < 4.78 is 0. The number of hydrogen-bond donors (Lipinski definition) is 2. The van der Waals surface area contributed by atoms with Gasteiger partial charge in [-0.2, -0.15) is 5.10 Å². The van der Waals surface area contributed by atoms with E-state index in [-0.39, 0.29) is 17.2 Å². The van der Waals surface area contributed by atoms with Crippen molar-refractivity contribution in [1.82, 2.24) is 15.5 Å². The van der Waals surface area contributed by atoms with E-state index in [1.807, 2.05) is 6.20 Å². The Morgan fingerprint density at radius 3 is 2.91 bits per heavy atom. The van der Waals surface area contributed by atoms with E-state index in [4.69, 9.17) is 0 Å². The van der Waals surface area contributed by atoms with Gasteiger partial charge < -0.3 is 5.32 Å². The number of nitrogens with one attached hydrogen (secondary N) is 2. The molecule has 4 rings (SSSR count). The van der Waals surface area contributed by atoms with Crippen LogP contribution in [0.25, 0.3) is 0 Å². The summed E-state index contributed by atoms with van der Waals surface area (Å²) in [4.78, 5) is 12.6. The van der Waals surface area contributed by atoms with Crippen LogP contribution in [0.2, 0.25) is 0 Å². The molecular formula is C19H23N3O. The Balaban J connectivity index is 1.37. The first-order valence-corrected chi connectivity index (χ1v) is 8.60. The van der Waals surface area contributed by atoms with Crippen LogP contribution in [0.1, 0.15) is 48.4 Å². The van der Waals surface area contributed by atoms with Crippen molar-refractivity contribution in [2.45, 2.75) is 44.4 Å². The topological polar surface area (TPSA) is 57.8 Å². The highest BCUT2D eigenvalue weighted by atomic mass is 16.1. The first kappa shape index (κ1) is 14.5. The van der Waals surface area contributed by atoms with Crippen molar-refractivity contribution in [3.63, 3.8) is 0 Å². The number of carbonyl (C=O) groups is 1.